The van der Waals surface area contributed by atoms with E-state index in [0.29, 0.717) is 29.4 Å². The van der Waals surface area contributed by atoms with E-state index in [1.54, 1.807) is 0 Å². The molecule has 106 valence electrons. The van der Waals surface area contributed by atoms with E-state index in [1.807, 2.05) is 24.3 Å². The van der Waals surface area contributed by atoms with Crippen LogP contribution in [-0.4, -0.2) is 11.8 Å². The molecule has 1 aromatic carbocycles. The molecule has 6 rings (SSSR count). The third-order valence-corrected chi connectivity index (χ3v) is 6.22. The van der Waals surface area contributed by atoms with Crippen LogP contribution in [0.15, 0.2) is 40.9 Å². The molecule has 3 fully saturated rings. The normalized spacial score (nSPS) is 42.2. The molecule has 2 saturated carbocycles. The number of hydrogen-bond acceptors (Lipinski definition) is 2. The van der Waals surface area contributed by atoms with Crippen LogP contribution in [0.2, 0.25) is 0 Å². The van der Waals surface area contributed by atoms with Crippen LogP contribution in [0.25, 0.3) is 0 Å². The molecule has 1 heterocycles. The first-order chi connectivity index (χ1) is 10.2. The van der Waals surface area contributed by atoms with Crippen LogP contribution in [0, 0.1) is 35.5 Å². The van der Waals surface area contributed by atoms with Crippen molar-refractivity contribution in [3.63, 3.8) is 0 Å². The van der Waals surface area contributed by atoms with Gasteiger partial charge < -0.3 is 0 Å². The first-order valence-electron chi connectivity index (χ1n) is 7.48. The van der Waals surface area contributed by atoms with Gasteiger partial charge in [-0.15, -0.1) is 0 Å². The first-order valence-corrected chi connectivity index (χ1v) is 8.28. The van der Waals surface area contributed by atoms with E-state index in [-0.39, 0.29) is 23.7 Å². The fourth-order valence-electron chi connectivity index (χ4n) is 4.83. The minimum atomic E-state index is -0.116. The van der Waals surface area contributed by atoms with E-state index in [4.69, 9.17) is 0 Å². The Hall–Kier alpha value is -1.42. The zero-order valence-electron chi connectivity index (χ0n) is 11.3. The van der Waals surface area contributed by atoms with Gasteiger partial charge >= 0.3 is 0 Å². The van der Waals surface area contributed by atoms with Crippen molar-refractivity contribution in [3.8, 4) is 0 Å². The van der Waals surface area contributed by atoms with E-state index in [0.717, 1.165) is 4.47 Å². The number of allylic oxidation sites excluding steroid dienone is 2. The predicted octanol–water partition coefficient (Wildman–Crippen LogP) is 3.01. The lowest BCUT2D eigenvalue weighted by Gasteiger charge is -2.37. The average Bonchev–Trinajstić information content (AvgIpc) is 3.24. The number of imide groups is 1. The van der Waals surface area contributed by atoms with Crippen LogP contribution in [-0.2, 0) is 9.59 Å². The molecule has 21 heavy (non-hydrogen) atoms. The number of hydrogen-bond donors (Lipinski definition) is 0. The van der Waals surface area contributed by atoms with Gasteiger partial charge in [-0.2, -0.15) is 0 Å². The van der Waals surface area contributed by atoms with Gasteiger partial charge in [-0.05, 0) is 48.3 Å². The summed E-state index contributed by atoms with van der Waals surface area (Å²) in [6, 6.07) is 7.46. The van der Waals surface area contributed by atoms with E-state index in [1.165, 1.54) is 11.3 Å². The Kier molecular flexibility index (Phi) is 2.23. The molecular weight excluding hydrogens is 330 g/mol. The van der Waals surface area contributed by atoms with Crippen molar-refractivity contribution in [2.45, 2.75) is 6.42 Å². The monoisotopic (exact) mass is 343 g/mol. The largest absolute Gasteiger partial charge is 0.274 e. The Balaban J connectivity index is 1.60. The second kappa shape index (κ2) is 3.86. The van der Waals surface area contributed by atoms with Gasteiger partial charge in [0.25, 0.3) is 0 Å². The Bertz CT molecular complexity index is 676. The van der Waals surface area contributed by atoms with E-state index in [9.17, 15) is 9.59 Å². The molecule has 4 aliphatic carbocycles. The second-order valence-corrected chi connectivity index (χ2v) is 7.56. The predicted molar refractivity (Wildman–Crippen MR) is 81.3 cm³/mol. The topological polar surface area (TPSA) is 37.4 Å². The van der Waals surface area contributed by atoms with Crippen LogP contribution < -0.4 is 4.90 Å². The van der Waals surface area contributed by atoms with Gasteiger partial charge in [0, 0.05) is 4.47 Å². The lowest BCUT2D eigenvalue weighted by atomic mass is 9.63. The standard InChI is InChI=1S/C17H14BrNO2/c18-8-2-1-3-9(6-8)19-16(20)14-10-4-5-11(13-7-12(10)13)15(14)17(19)21/h1-6,10-15H,7H2/t10-,11-,12-,13-,14-,15+/m1/s1. The van der Waals surface area contributed by atoms with Gasteiger partial charge in [-0.25, -0.2) is 4.90 Å². The molecule has 0 N–H and O–H groups in total. The summed E-state index contributed by atoms with van der Waals surface area (Å²) in [5, 5.41) is 0. The Morgan fingerprint density at radius 3 is 2.19 bits per heavy atom. The average molecular weight is 344 g/mol. The number of rotatable bonds is 1. The zero-order valence-corrected chi connectivity index (χ0v) is 12.9. The first kappa shape index (κ1) is 12.2. The lowest BCUT2D eigenvalue weighted by Crippen LogP contribution is -2.40. The Labute approximate surface area is 131 Å². The van der Waals surface area contributed by atoms with Gasteiger partial charge in [0.15, 0.2) is 0 Å². The minimum Gasteiger partial charge on any atom is -0.274 e. The molecule has 1 aromatic rings. The van der Waals surface area contributed by atoms with Crippen molar-refractivity contribution in [1.82, 2.24) is 0 Å². The highest BCUT2D eigenvalue weighted by Crippen LogP contribution is 2.65. The van der Waals surface area contributed by atoms with Crippen molar-refractivity contribution >= 4 is 33.4 Å². The Morgan fingerprint density at radius 1 is 1.00 bits per heavy atom. The smallest absolute Gasteiger partial charge is 0.238 e. The number of carbonyl (C=O) groups is 2. The van der Waals surface area contributed by atoms with E-state index in [2.05, 4.69) is 28.1 Å². The van der Waals surface area contributed by atoms with Gasteiger partial charge in [0.2, 0.25) is 11.8 Å². The summed E-state index contributed by atoms with van der Waals surface area (Å²) in [5.74, 6) is 1.67. The molecule has 5 aliphatic rings. The van der Waals surface area contributed by atoms with Crippen LogP contribution in [0.1, 0.15) is 6.42 Å². The second-order valence-electron chi connectivity index (χ2n) is 6.65. The van der Waals surface area contributed by atoms with Crippen LogP contribution in [0.3, 0.4) is 0 Å². The third-order valence-electron chi connectivity index (χ3n) is 5.73. The molecule has 0 unspecified atom stereocenters. The molecular formula is C17H14BrNO2. The number of halogens is 1. The molecule has 1 saturated heterocycles. The minimum absolute atomic E-state index is 0.00722. The maximum absolute atomic E-state index is 12.9. The quantitative estimate of drug-likeness (QED) is 0.580. The van der Waals surface area contributed by atoms with Crippen molar-refractivity contribution < 1.29 is 9.59 Å². The fourth-order valence-corrected chi connectivity index (χ4v) is 5.21. The highest BCUT2D eigenvalue weighted by atomic mass is 79.9. The summed E-state index contributed by atoms with van der Waals surface area (Å²) in [7, 11) is 0. The number of amides is 2. The Morgan fingerprint density at radius 2 is 1.62 bits per heavy atom. The lowest BCUT2D eigenvalue weighted by molar-refractivity contribution is -0.124. The van der Waals surface area contributed by atoms with Gasteiger partial charge in [-0.1, -0.05) is 34.1 Å². The van der Waals surface area contributed by atoms with Gasteiger partial charge in [0.1, 0.15) is 0 Å². The summed E-state index contributed by atoms with van der Waals surface area (Å²) >= 11 is 3.42. The van der Waals surface area contributed by atoms with Crippen LogP contribution >= 0.6 is 15.9 Å². The highest BCUT2D eigenvalue weighted by Gasteiger charge is 2.67. The van der Waals surface area contributed by atoms with Crippen LogP contribution in [0.5, 0.6) is 0 Å². The fraction of sp³-hybridized carbons (Fsp3) is 0.412. The van der Waals surface area contributed by atoms with Crippen molar-refractivity contribution in [3.05, 3.63) is 40.9 Å². The third kappa shape index (κ3) is 1.44. The number of benzene rings is 1. The number of anilines is 1. The molecule has 1 aliphatic heterocycles. The molecule has 4 heteroatoms. The van der Waals surface area contributed by atoms with Gasteiger partial charge in [0.05, 0.1) is 17.5 Å². The van der Waals surface area contributed by atoms with E-state index < -0.39 is 0 Å². The van der Waals surface area contributed by atoms with Crippen LogP contribution in [0.4, 0.5) is 5.69 Å². The van der Waals surface area contributed by atoms with Gasteiger partial charge in [-0.3, -0.25) is 9.59 Å². The molecule has 6 atom stereocenters. The molecule has 0 aromatic heterocycles. The van der Waals surface area contributed by atoms with Crippen molar-refractivity contribution in [2.75, 3.05) is 4.90 Å². The molecule has 0 radical (unpaired) electrons. The van der Waals surface area contributed by atoms with Crippen molar-refractivity contribution in [2.24, 2.45) is 35.5 Å². The molecule has 3 nitrogen and oxygen atoms in total. The number of nitrogens with zero attached hydrogens (tertiary/aromatic N) is 1. The highest BCUT2D eigenvalue weighted by molar-refractivity contribution is 9.10. The van der Waals surface area contributed by atoms with Crippen molar-refractivity contribution in [1.29, 1.82) is 0 Å². The zero-order chi connectivity index (χ0) is 14.3. The summed E-state index contributed by atoms with van der Waals surface area (Å²) < 4.78 is 0.888. The summed E-state index contributed by atoms with van der Waals surface area (Å²) in [5.41, 5.74) is 0.696. The number of carbonyl (C=O) groups excluding carboxylic acids is 2. The molecule has 2 bridgehead atoms. The SMILES string of the molecule is O=C1[C@@H]2[C@@H]3C=C[C@H]([C@H]4C[C@H]34)[C@@H]2C(=O)N1c1cccc(Br)c1. The maximum Gasteiger partial charge on any atom is 0.238 e. The molecule has 2 amide bonds. The summed E-state index contributed by atoms with van der Waals surface area (Å²) in [6.07, 6.45) is 5.61. The summed E-state index contributed by atoms with van der Waals surface area (Å²) in [6.45, 7) is 0. The van der Waals surface area contributed by atoms with E-state index >= 15 is 0 Å². The maximum atomic E-state index is 12.9. The molecule has 0 spiro atoms. The summed E-state index contributed by atoms with van der Waals surface area (Å²) in [4.78, 5) is 27.2.